The molecule has 1 aromatic heterocycles. The third-order valence-electron chi connectivity index (χ3n) is 4.92. The molecule has 3 aromatic rings. The molecule has 0 spiro atoms. The maximum atomic E-state index is 14.2. The van der Waals surface area contributed by atoms with Gasteiger partial charge in [0.25, 0.3) is 0 Å². The maximum Gasteiger partial charge on any atom is 0.248 e. The highest BCUT2D eigenvalue weighted by Crippen LogP contribution is 2.37. The van der Waals surface area contributed by atoms with Crippen LogP contribution in [0.4, 0.5) is 4.39 Å². The molecule has 0 amide bonds. The molecule has 2 aromatic carbocycles. The van der Waals surface area contributed by atoms with Crippen LogP contribution in [0.25, 0.3) is 0 Å². The quantitative estimate of drug-likeness (QED) is 0.609. The average Bonchev–Trinajstić information content (AvgIpc) is 3.07. The van der Waals surface area contributed by atoms with E-state index in [1.54, 1.807) is 6.92 Å². The minimum atomic E-state index is -3.89. The summed E-state index contributed by atoms with van der Waals surface area (Å²) in [6.07, 6.45) is -0.660. The zero-order valence-electron chi connectivity index (χ0n) is 16.8. The lowest BCUT2D eigenvalue weighted by Gasteiger charge is -2.29. The van der Waals surface area contributed by atoms with Crippen molar-refractivity contribution in [3.63, 3.8) is 0 Å². The summed E-state index contributed by atoms with van der Waals surface area (Å²) in [4.78, 5) is 0.0154. The van der Waals surface area contributed by atoms with Crippen molar-refractivity contribution < 1.29 is 26.8 Å². The molecular weight excluding hydrogens is 411 g/mol. The van der Waals surface area contributed by atoms with E-state index < -0.39 is 22.1 Å². The third kappa shape index (κ3) is 3.71. The maximum absolute atomic E-state index is 14.2. The Hall–Kier alpha value is -2.75. The van der Waals surface area contributed by atoms with Crippen molar-refractivity contribution in [3.05, 3.63) is 76.4 Å². The van der Waals surface area contributed by atoms with Crippen molar-refractivity contribution in [1.29, 1.82) is 0 Å². The smallest absolute Gasteiger partial charge is 0.248 e. The Morgan fingerprint density at radius 3 is 2.60 bits per heavy atom. The summed E-state index contributed by atoms with van der Waals surface area (Å²) in [6.45, 7) is 3.16. The molecule has 1 aliphatic rings. The fraction of sp³-hybridized carbons (Fsp3) is 0.286. The van der Waals surface area contributed by atoms with Crippen molar-refractivity contribution in [2.45, 2.75) is 38.2 Å². The van der Waals surface area contributed by atoms with E-state index in [1.807, 2.05) is 30.3 Å². The summed E-state index contributed by atoms with van der Waals surface area (Å²) in [5, 5.41) is 3.72. The molecule has 0 bridgehead atoms. The Morgan fingerprint density at radius 2 is 1.93 bits per heavy atom. The summed E-state index contributed by atoms with van der Waals surface area (Å²) >= 11 is 0. The largest absolute Gasteiger partial charge is 0.460 e. The summed E-state index contributed by atoms with van der Waals surface area (Å²) in [5.74, 6) is 0.143. The van der Waals surface area contributed by atoms with Gasteiger partial charge in [0.1, 0.15) is 22.2 Å². The standard InChI is InChI=1S/C21H21FN2O5S/c1-13-20(14(2)29-23-13)30(25,26)24(3)11-16-9-18(22)10-17-12-27-21(28-19(16)17)15-7-5-4-6-8-15/h4-10,21H,11-12H2,1-3H3/t21-/m1/s1. The van der Waals surface area contributed by atoms with Crippen LogP contribution in [0.3, 0.4) is 0 Å². The van der Waals surface area contributed by atoms with E-state index in [2.05, 4.69) is 5.16 Å². The van der Waals surface area contributed by atoms with Gasteiger partial charge < -0.3 is 14.0 Å². The Labute approximate surface area is 174 Å². The van der Waals surface area contributed by atoms with E-state index in [0.29, 0.717) is 16.9 Å². The van der Waals surface area contributed by atoms with Gasteiger partial charge in [-0.2, -0.15) is 4.31 Å². The minimum absolute atomic E-state index is 0.0154. The molecule has 30 heavy (non-hydrogen) atoms. The molecule has 158 valence electrons. The zero-order valence-corrected chi connectivity index (χ0v) is 17.6. The normalized spacial score (nSPS) is 16.4. The summed E-state index contributed by atoms with van der Waals surface area (Å²) < 4.78 is 58.2. The van der Waals surface area contributed by atoms with E-state index in [1.165, 1.54) is 26.1 Å². The Balaban J connectivity index is 1.66. The van der Waals surface area contributed by atoms with Crippen LogP contribution in [0.1, 0.15) is 34.4 Å². The molecule has 7 nitrogen and oxygen atoms in total. The number of sulfonamides is 1. The second-order valence-electron chi connectivity index (χ2n) is 7.14. The number of ether oxygens (including phenoxy) is 2. The van der Waals surface area contributed by atoms with Crippen molar-refractivity contribution in [3.8, 4) is 5.75 Å². The van der Waals surface area contributed by atoms with Crippen LogP contribution < -0.4 is 4.74 Å². The fourth-order valence-corrected chi connectivity index (χ4v) is 4.92. The first-order chi connectivity index (χ1) is 14.3. The minimum Gasteiger partial charge on any atom is -0.460 e. The Kier molecular flexibility index (Phi) is 5.35. The lowest BCUT2D eigenvalue weighted by atomic mass is 10.1. The van der Waals surface area contributed by atoms with Crippen molar-refractivity contribution in [2.75, 3.05) is 7.05 Å². The fourth-order valence-electron chi connectivity index (χ4n) is 3.49. The predicted octanol–water partition coefficient (Wildman–Crippen LogP) is 3.86. The monoisotopic (exact) mass is 432 g/mol. The number of aryl methyl sites for hydroxylation is 2. The Morgan fingerprint density at radius 1 is 1.20 bits per heavy atom. The molecular formula is C21H21FN2O5S. The Bertz CT molecular complexity index is 1160. The number of fused-ring (bicyclic) bond motifs is 1. The predicted molar refractivity (Wildman–Crippen MR) is 106 cm³/mol. The van der Waals surface area contributed by atoms with Crippen molar-refractivity contribution in [2.24, 2.45) is 0 Å². The van der Waals surface area contributed by atoms with Crippen molar-refractivity contribution in [1.82, 2.24) is 9.46 Å². The van der Waals surface area contributed by atoms with E-state index in [0.717, 1.165) is 9.87 Å². The molecule has 0 radical (unpaired) electrons. The van der Waals surface area contributed by atoms with E-state index in [-0.39, 0.29) is 29.5 Å². The van der Waals surface area contributed by atoms with E-state index in [4.69, 9.17) is 14.0 Å². The van der Waals surface area contributed by atoms with Crippen LogP contribution in [0.2, 0.25) is 0 Å². The second kappa shape index (κ2) is 7.82. The molecule has 9 heteroatoms. The molecule has 0 saturated heterocycles. The number of hydrogen-bond acceptors (Lipinski definition) is 6. The number of rotatable bonds is 5. The number of aromatic nitrogens is 1. The van der Waals surface area contributed by atoms with Gasteiger partial charge in [-0.3, -0.25) is 0 Å². The topological polar surface area (TPSA) is 81.9 Å². The van der Waals surface area contributed by atoms with Crippen LogP contribution in [-0.4, -0.2) is 24.9 Å². The van der Waals surface area contributed by atoms with E-state index in [9.17, 15) is 12.8 Å². The van der Waals surface area contributed by atoms with Crippen LogP contribution >= 0.6 is 0 Å². The van der Waals surface area contributed by atoms with Gasteiger partial charge in [0.05, 0.1) is 6.61 Å². The molecule has 1 atom stereocenters. The third-order valence-corrected chi connectivity index (χ3v) is 6.97. The highest BCUT2D eigenvalue weighted by molar-refractivity contribution is 7.89. The van der Waals surface area contributed by atoms with Gasteiger partial charge in [-0.15, -0.1) is 0 Å². The van der Waals surface area contributed by atoms with Crippen molar-refractivity contribution >= 4 is 10.0 Å². The molecule has 0 N–H and O–H groups in total. The molecule has 0 fully saturated rings. The SMILES string of the molecule is Cc1noc(C)c1S(=O)(=O)N(C)Cc1cc(F)cc2c1O[C@H](c1ccccc1)OC2. The van der Waals surface area contributed by atoms with Gasteiger partial charge in [0.15, 0.2) is 5.76 Å². The van der Waals surface area contributed by atoms with Gasteiger partial charge in [0, 0.05) is 30.3 Å². The molecule has 0 aliphatic carbocycles. The summed E-state index contributed by atoms with van der Waals surface area (Å²) in [5.41, 5.74) is 2.02. The molecule has 0 unspecified atom stereocenters. The number of nitrogens with zero attached hydrogens (tertiary/aromatic N) is 2. The first-order valence-corrected chi connectivity index (χ1v) is 10.7. The van der Waals surface area contributed by atoms with Gasteiger partial charge in [0.2, 0.25) is 16.3 Å². The first kappa shape index (κ1) is 20.5. The molecule has 4 rings (SSSR count). The molecule has 0 saturated carbocycles. The summed E-state index contributed by atoms with van der Waals surface area (Å²) in [6, 6.07) is 12.0. The highest BCUT2D eigenvalue weighted by Gasteiger charge is 2.31. The van der Waals surface area contributed by atoms with E-state index >= 15 is 0 Å². The zero-order chi connectivity index (χ0) is 21.5. The lowest BCUT2D eigenvalue weighted by Crippen LogP contribution is -2.28. The van der Waals surface area contributed by atoms with Crippen LogP contribution in [0.15, 0.2) is 51.9 Å². The highest BCUT2D eigenvalue weighted by atomic mass is 32.2. The van der Waals surface area contributed by atoms with Crippen LogP contribution in [-0.2, 0) is 27.9 Å². The molecule has 2 heterocycles. The number of hydrogen-bond donors (Lipinski definition) is 0. The average molecular weight is 432 g/mol. The van der Waals surface area contributed by atoms with Crippen LogP contribution in [0, 0.1) is 19.7 Å². The molecule has 1 aliphatic heterocycles. The second-order valence-corrected chi connectivity index (χ2v) is 9.12. The van der Waals surface area contributed by atoms with Gasteiger partial charge in [-0.1, -0.05) is 35.5 Å². The van der Waals surface area contributed by atoms with Gasteiger partial charge in [-0.25, -0.2) is 12.8 Å². The lowest BCUT2D eigenvalue weighted by molar-refractivity contribution is -0.112. The first-order valence-electron chi connectivity index (χ1n) is 9.31. The number of halogens is 1. The van der Waals surface area contributed by atoms with Gasteiger partial charge >= 0.3 is 0 Å². The van der Waals surface area contributed by atoms with Crippen LogP contribution in [0.5, 0.6) is 5.75 Å². The number of benzene rings is 2. The van der Waals surface area contributed by atoms with Gasteiger partial charge in [-0.05, 0) is 26.0 Å². The summed E-state index contributed by atoms with van der Waals surface area (Å²) in [7, 11) is -2.47.